The normalized spacial score (nSPS) is 11.3. The van der Waals surface area contributed by atoms with Crippen LogP contribution in [-0.4, -0.2) is 18.5 Å². The first-order chi connectivity index (χ1) is 7.99. The fourth-order valence-corrected chi connectivity index (χ4v) is 1.28. The highest BCUT2D eigenvalue weighted by Crippen LogP contribution is 2.15. The molecule has 0 bridgehead atoms. The summed E-state index contributed by atoms with van der Waals surface area (Å²) in [6.07, 6.45) is 0.523. The van der Waals surface area contributed by atoms with Crippen molar-refractivity contribution < 1.29 is 4.39 Å². The fourth-order valence-electron chi connectivity index (χ4n) is 1.16. The van der Waals surface area contributed by atoms with Gasteiger partial charge in [0.2, 0.25) is 5.96 Å². The van der Waals surface area contributed by atoms with Crippen LogP contribution in [-0.2, 0) is 6.42 Å². The third-order valence-corrected chi connectivity index (χ3v) is 2.21. The van der Waals surface area contributed by atoms with Gasteiger partial charge in [0.15, 0.2) is 5.96 Å². The molecule has 0 fully saturated rings. The van der Waals surface area contributed by atoms with Gasteiger partial charge < -0.3 is 17.2 Å². The zero-order chi connectivity index (χ0) is 12.8. The van der Waals surface area contributed by atoms with Crippen molar-refractivity contribution in [2.24, 2.45) is 27.2 Å². The summed E-state index contributed by atoms with van der Waals surface area (Å²) in [5, 5.41) is 0.0947. The van der Waals surface area contributed by atoms with E-state index in [0.717, 1.165) is 5.56 Å². The van der Waals surface area contributed by atoms with Crippen molar-refractivity contribution >= 4 is 23.5 Å². The highest BCUT2D eigenvalue weighted by Gasteiger charge is 2.00. The van der Waals surface area contributed by atoms with Gasteiger partial charge in [0.05, 0.1) is 5.02 Å². The SMILES string of the molecule is NC(N)=NC(N)=NCCc1ccc(Cl)c(F)c1. The minimum atomic E-state index is -0.453. The second-order valence-electron chi connectivity index (χ2n) is 3.28. The summed E-state index contributed by atoms with van der Waals surface area (Å²) in [6, 6.07) is 4.57. The van der Waals surface area contributed by atoms with Crippen LogP contribution in [0.25, 0.3) is 0 Å². The van der Waals surface area contributed by atoms with Crippen LogP contribution in [0.3, 0.4) is 0 Å². The lowest BCUT2D eigenvalue weighted by atomic mass is 10.1. The molecule has 0 saturated carbocycles. The van der Waals surface area contributed by atoms with Gasteiger partial charge in [-0.25, -0.2) is 4.39 Å². The van der Waals surface area contributed by atoms with Crippen molar-refractivity contribution in [2.45, 2.75) is 6.42 Å². The summed E-state index contributed by atoms with van der Waals surface area (Å²) in [4.78, 5) is 7.45. The lowest BCUT2D eigenvalue weighted by molar-refractivity contribution is 0.626. The van der Waals surface area contributed by atoms with E-state index in [1.807, 2.05) is 0 Å². The summed E-state index contributed by atoms with van der Waals surface area (Å²) in [5.41, 5.74) is 16.4. The number of nitrogens with two attached hydrogens (primary N) is 3. The molecule has 0 heterocycles. The van der Waals surface area contributed by atoms with Gasteiger partial charge in [-0.1, -0.05) is 17.7 Å². The van der Waals surface area contributed by atoms with Crippen molar-refractivity contribution in [1.29, 1.82) is 0 Å². The van der Waals surface area contributed by atoms with Gasteiger partial charge in [-0.05, 0) is 24.1 Å². The van der Waals surface area contributed by atoms with E-state index in [0.29, 0.717) is 13.0 Å². The Bertz CT molecular complexity index is 454. The summed E-state index contributed by atoms with van der Waals surface area (Å²) in [7, 11) is 0. The third kappa shape index (κ3) is 4.69. The number of nitrogens with zero attached hydrogens (tertiary/aromatic N) is 2. The molecule has 1 aromatic rings. The first-order valence-corrected chi connectivity index (χ1v) is 5.20. The molecular weight excluding hydrogens is 245 g/mol. The highest BCUT2D eigenvalue weighted by atomic mass is 35.5. The zero-order valence-electron chi connectivity index (χ0n) is 9.03. The fraction of sp³-hybridized carbons (Fsp3) is 0.200. The van der Waals surface area contributed by atoms with Crippen LogP contribution >= 0.6 is 11.6 Å². The molecule has 6 N–H and O–H groups in total. The van der Waals surface area contributed by atoms with E-state index in [-0.39, 0.29) is 16.9 Å². The summed E-state index contributed by atoms with van der Waals surface area (Å²) < 4.78 is 13.1. The van der Waals surface area contributed by atoms with Crippen LogP contribution in [0, 0.1) is 5.82 Å². The van der Waals surface area contributed by atoms with E-state index in [2.05, 4.69) is 9.98 Å². The van der Waals surface area contributed by atoms with Gasteiger partial charge in [0.1, 0.15) is 5.82 Å². The van der Waals surface area contributed by atoms with Crippen molar-refractivity contribution in [3.63, 3.8) is 0 Å². The molecule has 0 spiro atoms. The predicted molar refractivity (Wildman–Crippen MR) is 67.4 cm³/mol. The van der Waals surface area contributed by atoms with Crippen LogP contribution in [0.1, 0.15) is 5.56 Å². The van der Waals surface area contributed by atoms with Crippen LogP contribution < -0.4 is 17.2 Å². The maximum absolute atomic E-state index is 13.1. The molecule has 92 valence electrons. The van der Waals surface area contributed by atoms with Crippen LogP contribution in [0.4, 0.5) is 4.39 Å². The van der Waals surface area contributed by atoms with Gasteiger partial charge in [-0.15, -0.1) is 0 Å². The molecular formula is C10H13ClFN5. The Hall–Kier alpha value is -1.82. The summed E-state index contributed by atoms with van der Waals surface area (Å²) >= 11 is 5.55. The molecule has 1 aromatic carbocycles. The van der Waals surface area contributed by atoms with E-state index in [1.54, 1.807) is 6.07 Å². The molecule has 5 nitrogen and oxygen atoms in total. The van der Waals surface area contributed by atoms with Gasteiger partial charge in [0.25, 0.3) is 0 Å². The minimum Gasteiger partial charge on any atom is -0.370 e. The number of halogens is 2. The van der Waals surface area contributed by atoms with E-state index in [9.17, 15) is 4.39 Å². The second-order valence-corrected chi connectivity index (χ2v) is 3.68. The average Bonchev–Trinajstić information content (AvgIpc) is 2.22. The number of hydrogen-bond donors (Lipinski definition) is 3. The topological polar surface area (TPSA) is 103 Å². The number of benzene rings is 1. The van der Waals surface area contributed by atoms with Crippen LogP contribution in [0.15, 0.2) is 28.2 Å². The molecule has 0 aliphatic carbocycles. The Kier molecular flexibility index (Phi) is 4.71. The molecule has 0 atom stereocenters. The van der Waals surface area contributed by atoms with Gasteiger partial charge >= 0.3 is 0 Å². The molecule has 0 aliphatic rings. The quantitative estimate of drug-likeness (QED) is 0.546. The van der Waals surface area contributed by atoms with Crippen molar-refractivity contribution in [2.75, 3.05) is 6.54 Å². The first kappa shape index (κ1) is 13.2. The van der Waals surface area contributed by atoms with E-state index in [4.69, 9.17) is 28.8 Å². The molecule has 0 amide bonds. The molecule has 17 heavy (non-hydrogen) atoms. The first-order valence-electron chi connectivity index (χ1n) is 4.82. The molecule has 0 saturated heterocycles. The maximum Gasteiger partial charge on any atom is 0.218 e. The largest absolute Gasteiger partial charge is 0.370 e. The number of guanidine groups is 2. The number of hydrogen-bond acceptors (Lipinski definition) is 1. The number of rotatable bonds is 3. The van der Waals surface area contributed by atoms with E-state index < -0.39 is 5.82 Å². The highest BCUT2D eigenvalue weighted by molar-refractivity contribution is 6.30. The van der Waals surface area contributed by atoms with Crippen molar-refractivity contribution in [3.8, 4) is 0 Å². The lowest BCUT2D eigenvalue weighted by Gasteiger charge is -2.00. The lowest BCUT2D eigenvalue weighted by Crippen LogP contribution is -2.26. The number of aliphatic imine (C=N–C) groups is 2. The zero-order valence-corrected chi connectivity index (χ0v) is 9.78. The second kappa shape index (κ2) is 6.05. The Morgan fingerprint density at radius 1 is 1.29 bits per heavy atom. The van der Waals surface area contributed by atoms with Gasteiger partial charge in [-0.2, -0.15) is 4.99 Å². The standard InChI is InChI=1S/C10H13ClFN5/c11-7-2-1-6(5-8(7)12)3-4-16-10(15)17-9(13)14/h1-2,5H,3-4H2,(H6,13,14,15,16,17). The maximum atomic E-state index is 13.1. The smallest absolute Gasteiger partial charge is 0.218 e. The van der Waals surface area contributed by atoms with Crippen molar-refractivity contribution in [3.05, 3.63) is 34.6 Å². The van der Waals surface area contributed by atoms with Gasteiger partial charge in [0, 0.05) is 6.54 Å². The molecule has 0 aromatic heterocycles. The Balaban J connectivity index is 2.56. The molecule has 7 heteroatoms. The monoisotopic (exact) mass is 257 g/mol. The van der Waals surface area contributed by atoms with E-state index >= 15 is 0 Å². The van der Waals surface area contributed by atoms with Crippen LogP contribution in [0.2, 0.25) is 5.02 Å². The Labute approximate surface area is 103 Å². The summed E-state index contributed by atoms with van der Waals surface area (Å²) in [6.45, 7) is 0.365. The average molecular weight is 258 g/mol. The van der Waals surface area contributed by atoms with Gasteiger partial charge in [-0.3, -0.25) is 4.99 Å². The summed E-state index contributed by atoms with van der Waals surface area (Å²) in [5.74, 6) is -0.603. The van der Waals surface area contributed by atoms with Crippen LogP contribution in [0.5, 0.6) is 0 Å². The molecule has 1 rings (SSSR count). The Morgan fingerprint density at radius 2 is 2.00 bits per heavy atom. The molecule has 0 aliphatic heterocycles. The predicted octanol–water partition coefficient (Wildman–Crippen LogP) is 0.610. The third-order valence-electron chi connectivity index (χ3n) is 1.90. The molecule has 0 unspecified atom stereocenters. The Morgan fingerprint density at radius 3 is 2.59 bits per heavy atom. The van der Waals surface area contributed by atoms with Crippen molar-refractivity contribution in [1.82, 2.24) is 0 Å². The van der Waals surface area contributed by atoms with E-state index in [1.165, 1.54) is 12.1 Å². The molecule has 0 radical (unpaired) electrons. The minimum absolute atomic E-state index is 0.000523.